The highest BCUT2D eigenvalue weighted by atomic mass is 16.2. The second-order valence-electron chi connectivity index (χ2n) is 7.03. The van der Waals surface area contributed by atoms with Crippen LogP contribution in [0.15, 0.2) is 24.7 Å². The van der Waals surface area contributed by atoms with E-state index in [0.29, 0.717) is 17.7 Å². The van der Waals surface area contributed by atoms with E-state index in [1.165, 1.54) is 11.1 Å². The molecule has 1 saturated carbocycles. The Morgan fingerprint density at radius 2 is 2.09 bits per heavy atom. The lowest BCUT2D eigenvalue weighted by molar-refractivity contribution is -0.144. The molecule has 1 aliphatic heterocycles. The minimum Gasteiger partial charge on any atom is -0.341 e. The van der Waals surface area contributed by atoms with Crippen LogP contribution in [0.3, 0.4) is 0 Å². The van der Waals surface area contributed by atoms with Gasteiger partial charge in [-0.3, -0.25) is 4.79 Å². The van der Waals surface area contributed by atoms with Gasteiger partial charge in [-0.1, -0.05) is 19.9 Å². The summed E-state index contributed by atoms with van der Waals surface area (Å²) in [4.78, 5) is 18.9. The van der Waals surface area contributed by atoms with Crippen molar-refractivity contribution in [1.82, 2.24) is 14.3 Å². The van der Waals surface area contributed by atoms with Gasteiger partial charge >= 0.3 is 0 Å². The quantitative estimate of drug-likeness (QED) is 0.873. The van der Waals surface area contributed by atoms with Gasteiger partial charge in [0.2, 0.25) is 5.91 Å². The Labute approximate surface area is 131 Å². The molecule has 0 atom stereocenters. The van der Waals surface area contributed by atoms with Crippen LogP contribution in [0.25, 0.3) is 5.52 Å². The van der Waals surface area contributed by atoms with E-state index in [-0.39, 0.29) is 0 Å². The fraction of sp³-hybridized carbons (Fsp3) is 0.556. The summed E-state index contributed by atoms with van der Waals surface area (Å²) in [5, 5.41) is 0. The highest BCUT2D eigenvalue weighted by Gasteiger charge is 2.40. The molecule has 0 N–H and O–H groups in total. The summed E-state index contributed by atoms with van der Waals surface area (Å²) < 4.78 is 2.12. The maximum absolute atomic E-state index is 12.3. The van der Waals surface area contributed by atoms with E-state index >= 15 is 0 Å². The van der Waals surface area contributed by atoms with Gasteiger partial charge in [0, 0.05) is 31.1 Å². The molecule has 0 aromatic carbocycles. The second-order valence-corrected chi connectivity index (χ2v) is 7.03. The Morgan fingerprint density at radius 3 is 2.77 bits per heavy atom. The number of amides is 1. The fourth-order valence-corrected chi connectivity index (χ4v) is 3.78. The average Bonchev–Trinajstić information content (AvgIpc) is 2.85. The van der Waals surface area contributed by atoms with Gasteiger partial charge in [-0.25, -0.2) is 4.98 Å². The molecule has 22 heavy (non-hydrogen) atoms. The predicted molar refractivity (Wildman–Crippen MR) is 85.8 cm³/mol. The van der Waals surface area contributed by atoms with E-state index in [1.807, 2.05) is 11.2 Å². The topological polar surface area (TPSA) is 37.6 Å². The lowest BCUT2D eigenvalue weighted by atomic mass is 9.74. The second kappa shape index (κ2) is 5.11. The smallest absolute Gasteiger partial charge is 0.225 e. The van der Waals surface area contributed by atoms with Crippen molar-refractivity contribution >= 4 is 11.4 Å². The number of nitrogens with zero attached hydrogens (tertiary/aromatic N) is 3. The Kier molecular flexibility index (Phi) is 3.21. The zero-order valence-corrected chi connectivity index (χ0v) is 13.3. The maximum atomic E-state index is 12.3. The summed E-state index contributed by atoms with van der Waals surface area (Å²) in [6, 6.07) is 4.34. The third-order valence-corrected chi connectivity index (χ3v) is 5.33. The number of fused-ring (bicyclic) bond motifs is 1. The van der Waals surface area contributed by atoms with Crippen LogP contribution in [-0.4, -0.2) is 33.3 Å². The summed E-state index contributed by atoms with van der Waals surface area (Å²) >= 11 is 0. The maximum Gasteiger partial charge on any atom is 0.225 e. The van der Waals surface area contributed by atoms with Crippen LogP contribution >= 0.6 is 0 Å². The van der Waals surface area contributed by atoms with Crippen LogP contribution < -0.4 is 0 Å². The summed E-state index contributed by atoms with van der Waals surface area (Å²) in [5.41, 5.74) is 3.65. The van der Waals surface area contributed by atoms with Crippen LogP contribution in [-0.2, 0) is 11.2 Å². The Hall–Kier alpha value is -1.84. The molecule has 4 heteroatoms. The molecular weight excluding hydrogens is 274 g/mol. The van der Waals surface area contributed by atoms with Crippen LogP contribution in [0.4, 0.5) is 0 Å². The molecule has 4 rings (SSSR count). The predicted octanol–water partition coefficient (Wildman–Crippen LogP) is 2.87. The van der Waals surface area contributed by atoms with Crippen LogP contribution in [0.2, 0.25) is 0 Å². The van der Waals surface area contributed by atoms with Gasteiger partial charge in [-0.2, -0.15) is 0 Å². The van der Waals surface area contributed by atoms with Crippen molar-refractivity contribution in [2.24, 2.45) is 11.8 Å². The van der Waals surface area contributed by atoms with E-state index in [0.717, 1.165) is 44.0 Å². The van der Waals surface area contributed by atoms with Gasteiger partial charge in [0.05, 0.1) is 17.5 Å². The van der Waals surface area contributed by atoms with Gasteiger partial charge < -0.3 is 9.30 Å². The van der Waals surface area contributed by atoms with E-state index in [2.05, 4.69) is 41.6 Å². The molecular formula is C18H23N3O. The molecule has 116 valence electrons. The number of rotatable bonds is 3. The molecule has 3 heterocycles. The van der Waals surface area contributed by atoms with Crippen molar-refractivity contribution in [3.8, 4) is 0 Å². The number of hydrogen-bond acceptors (Lipinski definition) is 2. The lowest BCUT2D eigenvalue weighted by Crippen LogP contribution is -2.52. The van der Waals surface area contributed by atoms with Crippen molar-refractivity contribution in [2.75, 3.05) is 13.1 Å². The summed E-state index contributed by atoms with van der Waals surface area (Å²) in [7, 11) is 0. The van der Waals surface area contributed by atoms with Crippen molar-refractivity contribution in [1.29, 1.82) is 0 Å². The number of likely N-dealkylation sites (tertiary alicyclic amines) is 1. The van der Waals surface area contributed by atoms with E-state index in [9.17, 15) is 4.79 Å². The van der Waals surface area contributed by atoms with E-state index in [1.54, 1.807) is 0 Å². The third-order valence-electron chi connectivity index (χ3n) is 5.33. The first-order valence-electron chi connectivity index (χ1n) is 8.40. The molecule has 4 nitrogen and oxygen atoms in total. The van der Waals surface area contributed by atoms with Crippen LogP contribution in [0.5, 0.6) is 0 Å². The van der Waals surface area contributed by atoms with Gasteiger partial charge in [0.1, 0.15) is 0 Å². The van der Waals surface area contributed by atoms with Gasteiger partial charge in [-0.15, -0.1) is 0 Å². The molecule has 2 aliphatic rings. The Bertz CT molecular complexity index is 708. The first-order chi connectivity index (χ1) is 10.7. The number of hydrogen-bond donors (Lipinski definition) is 0. The highest BCUT2D eigenvalue weighted by molar-refractivity contribution is 5.81. The van der Waals surface area contributed by atoms with Gasteiger partial charge in [-0.05, 0) is 36.8 Å². The molecule has 1 amide bonds. The SMILES string of the molecule is CCc1ccc2c(C3CN(C(=O)C4CC(C)C4)C3)ncn2c1. The van der Waals surface area contributed by atoms with Crippen molar-refractivity contribution in [2.45, 2.75) is 39.0 Å². The number of aryl methyl sites for hydroxylation is 1. The average molecular weight is 297 g/mol. The van der Waals surface area contributed by atoms with Gasteiger partial charge in [0.25, 0.3) is 0 Å². The molecule has 0 bridgehead atoms. The molecule has 0 spiro atoms. The molecule has 2 aromatic heterocycles. The molecule has 2 aromatic rings. The number of pyridine rings is 1. The Morgan fingerprint density at radius 1 is 1.32 bits per heavy atom. The molecule has 1 saturated heterocycles. The minimum atomic E-state index is 0.293. The van der Waals surface area contributed by atoms with Crippen LogP contribution in [0.1, 0.15) is 43.9 Å². The summed E-state index contributed by atoms with van der Waals surface area (Å²) in [5.74, 6) is 1.79. The Balaban J connectivity index is 1.45. The normalized spacial score (nSPS) is 25.1. The summed E-state index contributed by atoms with van der Waals surface area (Å²) in [6.45, 7) is 6.07. The summed E-state index contributed by atoms with van der Waals surface area (Å²) in [6.07, 6.45) is 7.25. The van der Waals surface area contributed by atoms with Crippen LogP contribution in [0, 0.1) is 11.8 Å². The third kappa shape index (κ3) is 2.13. The molecule has 1 aliphatic carbocycles. The standard InChI is InChI=1S/C18H23N3O/c1-3-13-4-5-16-17(19-11-21(16)8-13)15-9-20(10-15)18(22)14-6-12(2)7-14/h4-5,8,11-12,14-15H,3,6-7,9-10H2,1-2H3. The number of aromatic nitrogens is 2. The number of imidazole rings is 1. The fourth-order valence-electron chi connectivity index (χ4n) is 3.78. The minimum absolute atomic E-state index is 0.293. The molecule has 0 unspecified atom stereocenters. The zero-order chi connectivity index (χ0) is 15.3. The first kappa shape index (κ1) is 13.8. The zero-order valence-electron chi connectivity index (χ0n) is 13.3. The largest absolute Gasteiger partial charge is 0.341 e. The van der Waals surface area contributed by atoms with Crippen molar-refractivity contribution < 1.29 is 4.79 Å². The highest BCUT2D eigenvalue weighted by Crippen LogP contribution is 2.37. The number of carbonyl (C=O) groups excluding carboxylic acids is 1. The lowest BCUT2D eigenvalue weighted by Gasteiger charge is -2.43. The first-order valence-corrected chi connectivity index (χ1v) is 8.40. The van der Waals surface area contributed by atoms with E-state index < -0.39 is 0 Å². The van der Waals surface area contributed by atoms with Gasteiger partial charge in [0.15, 0.2) is 0 Å². The van der Waals surface area contributed by atoms with E-state index in [4.69, 9.17) is 0 Å². The van der Waals surface area contributed by atoms with Crippen molar-refractivity contribution in [3.05, 3.63) is 35.9 Å². The monoisotopic (exact) mass is 297 g/mol. The number of carbonyl (C=O) groups is 1. The molecule has 0 radical (unpaired) electrons. The molecule has 2 fully saturated rings. The van der Waals surface area contributed by atoms with Crippen molar-refractivity contribution in [3.63, 3.8) is 0 Å².